The van der Waals surface area contributed by atoms with Crippen molar-refractivity contribution in [1.82, 2.24) is 15.8 Å². The maximum Gasteiger partial charge on any atom is 0.392 e. The van der Waals surface area contributed by atoms with Gasteiger partial charge in [-0.2, -0.15) is 13.2 Å². The summed E-state index contributed by atoms with van der Waals surface area (Å²) < 4.78 is 38.9. The molecule has 1 fully saturated rings. The van der Waals surface area contributed by atoms with Crippen LogP contribution in [0.5, 0.6) is 0 Å². The first-order valence-corrected chi connectivity index (χ1v) is 10.8. The molecular formula is C20H24Cl2F3N3O. The van der Waals surface area contributed by atoms with Crippen LogP contribution in [0.1, 0.15) is 39.0 Å². The van der Waals surface area contributed by atoms with Crippen LogP contribution >= 0.6 is 23.2 Å². The largest absolute Gasteiger partial charge is 0.392 e. The quantitative estimate of drug-likeness (QED) is 0.485. The zero-order valence-corrected chi connectivity index (χ0v) is 17.5. The van der Waals surface area contributed by atoms with Gasteiger partial charge in [-0.05, 0) is 50.2 Å². The number of rotatable bonds is 2. The van der Waals surface area contributed by atoms with Crippen LogP contribution in [0, 0.1) is 11.8 Å². The van der Waals surface area contributed by atoms with Crippen LogP contribution in [0.4, 0.5) is 13.2 Å². The van der Waals surface area contributed by atoms with Crippen molar-refractivity contribution in [2.45, 2.75) is 68.2 Å². The highest BCUT2D eigenvalue weighted by molar-refractivity contribution is 6.25. The first-order chi connectivity index (χ1) is 13.6. The Balaban J connectivity index is 1.56. The average Bonchev–Trinajstić information content (AvgIpc) is 2.98. The molecule has 0 bridgehead atoms. The standard InChI is InChI=1S/C20H24Cl2F3N3O/c1-10-18(14-7-6-13(21)8-15(14)22)19-26-16(9-17(29)28(19)27-10)11-2-4-12(5-3-11)20(23,24)25/h2,7,9-10,12-13,15,18-19,26-27H,3-6,8H2,1H3. The van der Waals surface area contributed by atoms with Gasteiger partial charge in [-0.1, -0.05) is 12.2 Å². The summed E-state index contributed by atoms with van der Waals surface area (Å²) in [6.07, 6.45) is 2.34. The van der Waals surface area contributed by atoms with E-state index < -0.39 is 12.1 Å². The maximum absolute atomic E-state index is 13.0. The second kappa shape index (κ2) is 7.82. The number of nitrogens with one attached hydrogen (secondary N) is 2. The smallest absolute Gasteiger partial charge is 0.363 e. The van der Waals surface area contributed by atoms with Gasteiger partial charge in [0.05, 0.1) is 11.3 Å². The summed E-state index contributed by atoms with van der Waals surface area (Å²) in [6.45, 7) is 2.00. The number of carbonyl (C=O) groups is 1. The summed E-state index contributed by atoms with van der Waals surface area (Å²) in [4.78, 5) is 12.7. The topological polar surface area (TPSA) is 44.4 Å². The number of allylic oxidation sites excluding steroid dienone is 3. The third kappa shape index (κ3) is 4.06. The molecule has 1 amide bonds. The SMILES string of the molecule is CC1NN2C(=O)C=C(C3=CCC(C(F)(F)F)CC3)NC2C1C1=CCC(Cl)CC1Cl. The van der Waals surface area contributed by atoms with Crippen molar-refractivity contribution in [3.05, 3.63) is 35.1 Å². The number of alkyl halides is 5. The van der Waals surface area contributed by atoms with Crippen LogP contribution in [-0.4, -0.2) is 40.1 Å². The van der Waals surface area contributed by atoms with E-state index in [1.807, 2.05) is 6.92 Å². The Morgan fingerprint density at radius 2 is 1.97 bits per heavy atom. The van der Waals surface area contributed by atoms with E-state index >= 15 is 0 Å². The van der Waals surface area contributed by atoms with Gasteiger partial charge in [0.1, 0.15) is 6.17 Å². The fraction of sp³-hybridized carbons (Fsp3) is 0.650. The van der Waals surface area contributed by atoms with Crippen molar-refractivity contribution in [3.63, 3.8) is 0 Å². The van der Waals surface area contributed by atoms with Gasteiger partial charge in [0.2, 0.25) is 0 Å². The van der Waals surface area contributed by atoms with Crippen LogP contribution in [0.2, 0.25) is 0 Å². The number of hydrogen-bond acceptors (Lipinski definition) is 3. The zero-order valence-electron chi connectivity index (χ0n) is 16.0. The molecule has 160 valence electrons. The van der Waals surface area contributed by atoms with Crippen LogP contribution in [0.25, 0.3) is 0 Å². The molecule has 2 N–H and O–H groups in total. The fourth-order valence-electron chi connectivity index (χ4n) is 4.79. The van der Waals surface area contributed by atoms with Gasteiger partial charge >= 0.3 is 6.18 Å². The van der Waals surface area contributed by atoms with Gasteiger partial charge in [0, 0.05) is 29.1 Å². The molecule has 1 saturated heterocycles. The van der Waals surface area contributed by atoms with Crippen molar-refractivity contribution < 1.29 is 18.0 Å². The summed E-state index contributed by atoms with van der Waals surface area (Å²) >= 11 is 12.8. The molecule has 29 heavy (non-hydrogen) atoms. The molecule has 2 heterocycles. The van der Waals surface area contributed by atoms with Crippen molar-refractivity contribution in [1.29, 1.82) is 0 Å². The highest BCUT2D eigenvalue weighted by Crippen LogP contribution is 2.41. The highest BCUT2D eigenvalue weighted by atomic mass is 35.5. The van der Waals surface area contributed by atoms with Crippen molar-refractivity contribution in [3.8, 4) is 0 Å². The fourth-order valence-corrected chi connectivity index (χ4v) is 5.60. The summed E-state index contributed by atoms with van der Waals surface area (Å²) in [5.74, 6) is -1.55. The Bertz CT molecular complexity index is 779. The Hall–Kier alpha value is -1.18. The minimum absolute atomic E-state index is 0.00685. The normalized spacial score (nSPS) is 38.1. The summed E-state index contributed by atoms with van der Waals surface area (Å²) in [5, 5.41) is 4.77. The number of fused-ring (bicyclic) bond motifs is 1. The van der Waals surface area contributed by atoms with E-state index in [4.69, 9.17) is 23.2 Å². The molecule has 9 heteroatoms. The molecule has 0 saturated carbocycles. The van der Waals surface area contributed by atoms with E-state index in [1.54, 1.807) is 11.1 Å². The lowest BCUT2D eigenvalue weighted by molar-refractivity contribution is -0.176. The molecule has 0 spiro atoms. The number of hydrazine groups is 1. The number of nitrogens with zero attached hydrogens (tertiary/aromatic N) is 1. The monoisotopic (exact) mass is 449 g/mol. The maximum atomic E-state index is 13.0. The number of amides is 1. The summed E-state index contributed by atoms with van der Waals surface area (Å²) in [5.41, 5.74) is 5.67. The van der Waals surface area contributed by atoms with Crippen LogP contribution in [0.3, 0.4) is 0 Å². The lowest BCUT2D eigenvalue weighted by Crippen LogP contribution is -2.54. The van der Waals surface area contributed by atoms with Gasteiger partial charge in [0.25, 0.3) is 5.91 Å². The molecule has 4 nitrogen and oxygen atoms in total. The molecule has 0 radical (unpaired) electrons. The molecule has 4 aliphatic rings. The molecular weight excluding hydrogens is 426 g/mol. The van der Waals surface area contributed by atoms with E-state index in [-0.39, 0.29) is 47.6 Å². The Labute approximate surface area is 178 Å². The average molecular weight is 450 g/mol. The zero-order chi connectivity index (χ0) is 20.9. The van der Waals surface area contributed by atoms with E-state index in [1.165, 1.54) is 6.08 Å². The highest BCUT2D eigenvalue weighted by Gasteiger charge is 2.48. The van der Waals surface area contributed by atoms with Gasteiger partial charge in [-0.15, -0.1) is 23.2 Å². The van der Waals surface area contributed by atoms with Crippen LogP contribution in [-0.2, 0) is 4.79 Å². The van der Waals surface area contributed by atoms with Crippen molar-refractivity contribution >= 4 is 29.1 Å². The van der Waals surface area contributed by atoms with E-state index in [0.717, 1.165) is 17.6 Å². The third-order valence-corrected chi connectivity index (χ3v) is 7.13. The second-order valence-corrected chi connectivity index (χ2v) is 9.43. The predicted molar refractivity (Wildman–Crippen MR) is 106 cm³/mol. The molecule has 4 rings (SSSR count). The Kier molecular flexibility index (Phi) is 5.68. The lowest BCUT2D eigenvalue weighted by Gasteiger charge is -2.37. The Morgan fingerprint density at radius 1 is 1.21 bits per heavy atom. The summed E-state index contributed by atoms with van der Waals surface area (Å²) in [6, 6.07) is -0.0153. The first-order valence-electron chi connectivity index (χ1n) is 9.97. The number of hydrogen-bond donors (Lipinski definition) is 2. The molecule has 6 atom stereocenters. The van der Waals surface area contributed by atoms with E-state index in [9.17, 15) is 18.0 Å². The minimum atomic E-state index is -4.18. The van der Waals surface area contributed by atoms with Gasteiger partial charge in [-0.25, -0.2) is 5.43 Å². The van der Waals surface area contributed by atoms with Crippen LogP contribution < -0.4 is 10.7 Å². The van der Waals surface area contributed by atoms with Gasteiger partial charge in [0.15, 0.2) is 0 Å². The van der Waals surface area contributed by atoms with Gasteiger partial charge < -0.3 is 5.32 Å². The van der Waals surface area contributed by atoms with Crippen LogP contribution in [0.15, 0.2) is 35.1 Å². The number of carbonyl (C=O) groups excluding carboxylic acids is 1. The molecule has 0 aromatic heterocycles. The third-order valence-electron chi connectivity index (χ3n) is 6.35. The molecule has 2 aliphatic heterocycles. The molecule has 6 unspecified atom stereocenters. The summed E-state index contributed by atoms with van der Waals surface area (Å²) in [7, 11) is 0. The van der Waals surface area contributed by atoms with Gasteiger partial charge in [-0.3, -0.25) is 9.80 Å². The van der Waals surface area contributed by atoms with E-state index in [2.05, 4.69) is 16.8 Å². The first kappa shape index (κ1) is 21.1. The molecule has 2 aliphatic carbocycles. The Morgan fingerprint density at radius 3 is 2.59 bits per heavy atom. The van der Waals surface area contributed by atoms with E-state index in [0.29, 0.717) is 18.5 Å². The van der Waals surface area contributed by atoms with Crippen molar-refractivity contribution in [2.75, 3.05) is 0 Å². The second-order valence-electron chi connectivity index (χ2n) is 8.28. The molecule has 0 aromatic rings. The van der Waals surface area contributed by atoms with Crippen molar-refractivity contribution in [2.24, 2.45) is 11.8 Å². The predicted octanol–water partition coefficient (Wildman–Crippen LogP) is 4.37. The molecule has 0 aromatic carbocycles. The minimum Gasteiger partial charge on any atom is -0.363 e. The number of halogens is 5. The lowest BCUT2D eigenvalue weighted by atomic mass is 9.82.